The first-order valence-electron chi connectivity index (χ1n) is 5.48. The summed E-state index contributed by atoms with van der Waals surface area (Å²) in [6.07, 6.45) is 5.50. The van der Waals surface area contributed by atoms with Crippen LogP contribution in [0.1, 0.15) is 5.56 Å². The third kappa shape index (κ3) is 2.31. The largest absolute Gasteiger partial charge is 0.342 e. The molecule has 0 unspecified atom stereocenters. The van der Waals surface area contributed by atoms with Gasteiger partial charge in [0.15, 0.2) is 0 Å². The molecule has 0 saturated heterocycles. The van der Waals surface area contributed by atoms with Crippen LogP contribution in [-0.2, 0) is 0 Å². The van der Waals surface area contributed by atoms with Crippen LogP contribution in [0.15, 0.2) is 47.6 Å². The van der Waals surface area contributed by atoms with Crippen LogP contribution in [0.4, 0.5) is 11.4 Å². The van der Waals surface area contributed by atoms with Crippen molar-refractivity contribution < 1.29 is 0 Å². The predicted octanol–water partition coefficient (Wildman–Crippen LogP) is 3.44. The minimum absolute atomic E-state index is 0.705. The second kappa shape index (κ2) is 5.56. The highest BCUT2D eigenvalue weighted by Crippen LogP contribution is 2.31. The first kappa shape index (κ1) is 12.5. The Morgan fingerprint density at radius 2 is 2.11 bits per heavy atom. The van der Waals surface area contributed by atoms with Crippen molar-refractivity contribution in [3.05, 3.63) is 48.3 Å². The Kier molecular flexibility index (Phi) is 3.85. The van der Waals surface area contributed by atoms with Gasteiger partial charge in [-0.1, -0.05) is 6.07 Å². The molecule has 0 spiro atoms. The number of nitriles is 1. The number of pyridine rings is 1. The summed E-state index contributed by atoms with van der Waals surface area (Å²) in [4.78, 5) is 7.07. The number of hydrogen-bond acceptors (Lipinski definition) is 4. The quantitative estimate of drug-likeness (QED) is 0.788. The molecule has 0 aliphatic heterocycles. The van der Waals surface area contributed by atoms with Gasteiger partial charge >= 0.3 is 0 Å². The van der Waals surface area contributed by atoms with Gasteiger partial charge in [-0.2, -0.15) is 5.26 Å². The maximum atomic E-state index is 9.32. The lowest BCUT2D eigenvalue weighted by atomic mass is 10.1. The van der Waals surface area contributed by atoms with Gasteiger partial charge in [-0.3, -0.25) is 4.98 Å². The molecule has 18 heavy (non-hydrogen) atoms. The van der Waals surface area contributed by atoms with Gasteiger partial charge < -0.3 is 4.90 Å². The molecule has 1 heterocycles. The molecule has 0 amide bonds. The average molecular weight is 255 g/mol. The maximum Gasteiger partial charge on any atom is 0.103 e. The van der Waals surface area contributed by atoms with E-state index in [1.807, 2.05) is 48.5 Å². The zero-order valence-electron chi connectivity index (χ0n) is 10.3. The summed E-state index contributed by atoms with van der Waals surface area (Å²) in [5.41, 5.74) is 2.57. The highest BCUT2D eigenvalue weighted by molar-refractivity contribution is 7.98. The first-order chi connectivity index (χ1) is 8.77. The van der Waals surface area contributed by atoms with E-state index in [1.165, 1.54) is 0 Å². The number of hydrogen-bond donors (Lipinski definition) is 0. The summed E-state index contributed by atoms with van der Waals surface area (Å²) in [7, 11) is 1.94. The van der Waals surface area contributed by atoms with Crippen molar-refractivity contribution in [1.82, 2.24) is 4.98 Å². The van der Waals surface area contributed by atoms with Gasteiger partial charge in [0.1, 0.15) is 6.07 Å². The Morgan fingerprint density at radius 3 is 2.72 bits per heavy atom. The molecule has 0 bridgehead atoms. The summed E-state index contributed by atoms with van der Waals surface area (Å²) >= 11 is 1.58. The molecule has 0 fully saturated rings. The van der Waals surface area contributed by atoms with E-state index in [0.717, 1.165) is 16.3 Å². The lowest BCUT2D eigenvalue weighted by Gasteiger charge is -2.21. The van der Waals surface area contributed by atoms with Crippen LogP contribution in [0.5, 0.6) is 0 Å². The molecule has 2 aromatic rings. The van der Waals surface area contributed by atoms with E-state index in [-0.39, 0.29) is 0 Å². The Morgan fingerprint density at radius 1 is 1.28 bits per heavy atom. The summed E-state index contributed by atoms with van der Waals surface area (Å²) in [6, 6.07) is 12.0. The summed E-state index contributed by atoms with van der Waals surface area (Å²) in [6.45, 7) is 0. The highest BCUT2D eigenvalue weighted by Gasteiger charge is 2.12. The first-order valence-corrected chi connectivity index (χ1v) is 6.71. The van der Waals surface area contributed by atoms with Crippen molar-refractivity contribution in [2.24, 2.45) is 0 Å². The molecule has 0 N–H and O–H groups in total. The third-order valence-corrected chi connectivity index (χ3v) is 3.51. The average Bonchev–Trinajstić information content (AvgIpc) is 2.46. The fraction of sp³-hybridized carbons (Fsp3) is 0.143. The molecule has 0 atom stereocenters. The third-order valence-electron chi connectivity index (χ3n) is 2.73. The topological polar surface area (TPSA) is 39.9 Å². The van der Waals surface area contributed by atoms with Gasteiger partial charge in [0.25, 0.3) is 0 Å². The number of thioether (sulfide) groups is 1. The van der Waals surface area contributed by atoms with Crippen molar-refractivity contribution in [2.45, 2.75) is 4.90 Å². The van der Waals surface area contributed by atoms with E-state index in [4.69, 9.17) is 0 Å². The smallest absolute Gasteiger partial charge is 0.103 e. The number of benzene rings is 1. The van der Waals surface area contributed by atoms with Crippen LogP contribution in [0.3, 0.4) is 0 Å². The Hall–Kier alpha value is -1.99. The van der Waals surface area contributed by atoms with Crippen LogP contribution >= 0.6 is 11.8 Å². The number of aromatic nitrogens is 1. The lowest BCUT2D eigenvalue weighted by Crippen LogP contribution is -2.11. The second-order valence-corrected chi connectivity index (χ2v) is 4.58. The summed E-state index contributed by atoms with van der Waals surface area (Å²) in [5.74, 6) is 0. The van der Waals surface area contributed by atoms with Crippen molar-refractivity contribution in [1.29, 1.82) is 5.26 Å². The monoisotopic (exact) mass is 255 g/mol. The molecule has 4 heteroatoms. The van der Waals surface area contributed by atoms with Crippen molar-refractivity contribution >= 4 is 23.1 Å². The normalized spacial score (nSPS) is 9.83. The van der Waals surface area contributed by atoms with Crippen LogP contribution in [0.2, 0.25) is 0 Å². The van der Waals surface area contributed by atoms with Crippen LogP contribution in [0, 0.1) is 11.3 Å². The summed E-state index contributed by atoms with van der Waals surface area (Å²) < 4.78 is 0. The zero-order valence-corrected chi connectivity index (χ0v) is 11.1. The molecular formula is C14H13N3S. The van der Waals surface area contributed by atoms with Gasteiger partial charge in [-0.05, 0) is 30.5 Å². The van der Waals surface area contributed by atoms with E-state index in [9.17, 15) is 5.26 Å². The maximum absolute atomic E-state index is 9.32. The molecule has 0 radical (unpaired) electrons. The van der Waals surface area contributed by atoms with Gasteiger partial charge in [-0.15, -0.1) is 11.8 Å². The Bertz CT molecular complexity index is 575. The number of anilines is 2. The van der Waals surface area contributed by atoms with Crippen LogP contribution in [0.25, 0.3) is 0 Å². The summed E-state index contributed by atoms with van der Waals surface area (Å²) in [5, 5.41) is 9.32. The lowest BCUT2D eigenvalue weighted by molar-refractivity contribution is 1.15. The molecule has 0 aliphatic rings. The van der Waals surface area contributed by atoms with E-state index >= 15 is 0 Å². The second-order valence-electron chi connectivity index (χ2n) is 3.74. The molecule has 2 rings (SSSR count). The Balaban J connectivity index is 2.49. The highest BCUT2D eigenvalue weighted by atomic mass is 32.2. The predicted molar refractivity (Wildman–Crippen MR) is 75.2 cm³/mol. The molecule has 90 valence electrons. The molecule has 1 aromatic carbocycles. The fourth-order valence-electron chi connectivity index (χ4n) is 1.77. The number of nitrogens with zero attached hydrogens (tertiary/aromatic N) is 3. The van der Waals surface area contributed by atoms with Crippen molar-refractivity contribution in [3.63, 3.8) is 0 Å². The molecule has 3 nitrogen and oxygen atoms in total. The molecular weight excluding hydrogens is 242 g/mol. The van der Waals surface area contributed by atoms with E-state index < -0.39 is 0 Å². The Labute approximate surface area is 111 Å². The number of rotatable bonds is 3. The van der Waals surface area contributed by atoms with E-state index in [1.54, 1.807) is 24.2 Å². The molecule has 0 aliphatic carbocycles. The van der Waals surface area contributed by atoms with Gasteiger partial charge in [0, 0.05) is 18.1 Å². The van der Waals surface area contributed by atoms with Crippen LogP contribution < -0.4 is 4.90 Å². The molecule has 0 saturated carbocycles. The van der Waals surface area contributed by atoms with Gasteiger partial charge in [-0.25, -0.2) is 0 Å². The van der Waals surface area contributed by atoms with Crippen molar-refractivity contribution in [3.8, 4) is 6.07 Å². The van der Waals surface area contributed by atoms with E-state index in [0.29, 0.717) is 5.56 Å². The standard InChI is InChI=1S/C14H13N3S/c1-17(11-5-4-8-16-10-11)13-6-3-7-14(18-2)12(13)9-15/h3-8,10H,1-2H3. The van der Waals surface area contributed by atoms with E-state index in [2.05, 4.69) is 11.1 Å². The van der Waals surface area contributed by atoms with Crippen LogP contribution in [-0.4, -0.2) is 18.3 Å². The van der Waals surface area contributed by atoms with Gasteiger partial charge in [0.2, 0.25) is 0 Å². The SMILES string of the molecule is CSc1cccc(N(C)c2cccnc2)c1C#N. The fourth-order valence-corrected chi connectivity index (χ4v) is 2.34. The molecule has 1 aromatic heterocycles. The van der Waals surface area contributed by atoms with Crippen molar-refractivity contribution in [2.75, 3.05) is 18.2 Å². The minimum atomic E-state index is 0.705. The van der Waals surface area contributed by atoms with Gasteiger partial charge in [0.05, 0.1) is 23.1 Å². The minimum Gasteiger partial charge on any atom is -0.342 e. The zero-order chi connectivity index (χ0) is 13.0.